The molecular weight excluding hydrogens is 276 g/mol. The minimum Gasteiger partial charge on any atom is -0.480 e. The SMILES string of the molecule is CC(C)(C)OC(=O)N[C@H](CCC(=O)N1CCCC1)C(=O)O. The van der Waals surface area contributed by atoms with Crippen LogP contribution in [0.3, 0.4) is 0 Å². The molecule has 1 saturated heterocycles. The van der Waals surface area contributed by atoms with Crippen molar-refractivity contribution in [3.63, 3.8) is 0 Å². The number of carbonyl (C=O) groups excluding carboxylic acids is 2. The molecule has 0 aromatic carbocycles. The molecular formula is C14H24N2O5. The average Bonchev–Trinajstić information content (AvgIpc) is 2.85. The van der Waals surface area contributed by atoms with Crippen molar-refractivity contribution < 1.29 is 24.2 Å². The second kappa shape index (κ2) is 7.28. The van der Waals surface area contributed by atoms with Crippen LogP contribution in [0, 0.1) is 0 Å². The van der Waals surface area contributed by atoms with Gasteiger partial charge in [0.2, 0.25) is 5.91 Å². The van der Waals surface area contributed by atoms with E-state index in [9.17, 15) is 14.4 Å². The highest BCUT2D eigenvalue weighted by molar-refractivity contribution is 5.82. The fourth-order valence-corrected chi connectivity index (χ4v) is 2.10. The highest BCUT2D eigenvalue weighted by atomic mass is 16.6. The maximum atomic E-state index is 11.9. The molecule has 1 aliphatic rings. The quantitative estimate of drug-likeness (QED) is 0.799. The van der Waals surface area contributed by atoms with Crippen molar-refractivity contribution >= 4 is 18.0 Å². The van der Waals surface area contributed by atoms with E-state index in [1.165, 1.54) is 0 Å². The second-order valence-electron chi connectivity index (χ2n) is 6.16. The lowest BCUT2D eigenvalue weighted by Crippen LogP contribution is -2.44. The first-order valence-electron chi connectivity index (χ1n) is 7.19. The molecule has 1 aliphatic heterocycles. The Balaban J connectivity index is 2.44. The minimum absolute atomic E-state index is 0.0594. The van der Waals surface area contributed by atoms with Crippen molar-refractivity contribution in [3.8, 4) is 0 Å². The van der Waals surface area contributed by atoms with Crippen molar-refractivity contribution in [2.75, 3.05) is 13.1 Å². The van der Waals surface area contributed by atoms with Crippen molar-refractivity contribution in [2.24, 2.45) is 0 Å². The van der Waals surface area contributed by atoms with Gasteiger partial charge in [0.05, 0.1) is 0 Å². The summed E-state index contributed by atoms with van der Waals surface area (Å²) in [5, 5.41) is 11.4. The van der Waals surface area contributed by atoms with Gasteiger partial charge in [-0.15, -0.1) is 0 Å². The third-order valence-electron chi connectivity index (χ3n) is 3.09. The van der Waals surface area contributed by atoms with E-state index in [1.807, 2.05) is 0 Å². The molecule has 0 unspecified atom stereocenters. The van der Waals surface area contributed by atoms with Crippen LogP contribution in [-0.2, 0) is 14.3 Å². The Hall–Kier alpha value is -1.79. The summed E-state index contributed by atoms with van der Waals surface area (Å²) in [6.07, 6.45) is 1.36. The van der Waals surface area contributed by atoms with Gasteiger partial charge < -0.3 is 20.1 Å². The van der Waals surface area contributed by atoms with Gasteiger partial charge in [-0.1, -0.05) is 0 Å². The smallest absolute Gasteiger partial charge is 0.408 e. The van der Waals surface area contributed by atoms with Gasteiger partial charge in [-0.05, 0) is 40.0 Å². The van der Waals surface area contributed by atoms with Crippen LogP contribution in [0.2, 0.25) is 0 Å². The van der Waals surface area contributed by atoms with Crippen LogP contribution in [0.1, 0.15) is 46.5 Å². The maximum absolute atomic E-state index is 11.9. The molecule has 2 N–H and O–H groups in total. The van der Waals surface area contributed by atoms with E-state index >= 15 is 0 Å². The predicted molar refractivity (Wildman–Crippen MR) is 75.8 cm³/mol. The number of carbonyl (C=O) groups is 3. The van der Waals surface area contributed by atoms with E-state index < -0.39 is 23.7 Å². The van der Waals surface area contributed by atoms with Gasteiger partial charge in [0.1, 0.15) is 11.6 Å². The molecule has 0 spiro atoms. The summed E-state index contributed by atoms with van der Waals surface area (Å²) in [5.41, 5.74) is -0.696. The number of rotatable bonds is 5. The van der Waals surface area contributed by atoms with E-state index in [0.717, 1.165) is 25.9 Å². The highest BCUT2D eigenvalue weighted by Crippen LogP contribution is 2.12. The highest BCUT2D eigenvalue weighted by Gasteiger charge is 2.26. The van der Waals surface area contributed by atoms with Gasteiger partial charge in [0.25, 0.3) is 0 Å². The van der Waals surface area contributed by atoms with Gasteiger partial charge in [-0.2, -0.15) is 0 Å². The Morgan fingerprint density at radius 1 is 1.24 bits per heavy atom. The monoisotopic (exact) mass is 300 g/mol. The van der Waals surface area contributed by atoms with Gasteiger partial charge in [-0.25, -0.2) is 9.59 Å². The van der Waals surface area contributed by atoms with Gasteiger partial charge in [0.15, 0.2) is 0 Å². The van der Waals surface area contributed by atoms with Crippen LogP contribution in [0.25, 0.3) is 0 Å². The number of hydrogen-bond donors (Lipinski definition) is 2. The van der Waals surface area contributed by atoms with E-state index in [1.54, 1.807) is 25.7 Å². The van der Waals surface area contributed by atoms with Crippen LogP contribution in [0.15, 0.2) is 0 Å². The molecule has 120 valence electrons. The number of amides is 2. The lowest BCUT2D eigenvalue weighted by Gasteiger charge is -2.22. The number of hydrogen-bond acceptors (Lipinski definition) is 4. The Bertz CT molecular complexity index is 397. The van der Waals surface area contributed by atoms with Crippen molar-refractivity contribution in [1.82, 2.24) is 10.2 Å². The summed E-state index contributed by atoms with van der Waals surface area (Å²) < 4.78 is 5.02. The molecule has 0 radical (unpaired) electrons. The summed E-state index contributed by atoms with van der Waals surface area (Å²) >= 11 is 0. The lowest BCUT2D eigenvalue weighted by atomic mass is 10.1. The number of likely N-dealkylation sites (tertiary alicyclic amines) is 1. The largest absolute Gasteiger partial charge is 0.480 e. The number of aliphatic carboxylic acids is 1. The lowest BCUT2D eigenvalue weighted by molar-refractivity contribution is -0.140. The molecule has 0 aliphatic carbocycles. The van der Waals surface area contributed by atoms with E-state index in [-0.39, 0.29) is 18.7 Å². The number of nitrogens with zero attached hydrogens (tertiary/aromatic N) is 1. The fourth-order valence-electron chi connectivity index (χ4n) is 2.10. The number of carboxylic acids is 1. The number of ether oxygens (including phenoxy) is 1. The third kappa shape index (κ3) is 6.46. The van der Waals surface area contributed by atoms with Crippen LogP contribution >= 0.6 is 0 Å². The van der Waals surface area contributed by atoms with Crippen LogP contribution < -0.4 is 5.32 Å². The molecule has 1 heterocycles. The van der Waals surface area contributed by atoms with Crippen molar-refractivity contribution in [3.05, 3.63) is 0 Å². The van der Waals surface area contributed by atoms with Crippen LogP contribution in [0.5, 0.6) is 0 Å². The van der Waals surface area contributed by atoms with Crippen LogP contribution in [-0.4, -0.2) is 52.7 Å². The number of nitrogens with one attached hydrogen (secondary N) is 1. The Morgan fingerprint density at radius 2 is 1.81 bits per heavy atom. The Morgan fingerprint density at radius 3 is 2.29 bits per heavy atom. The first kappa shape index (κ1) is 17.3. The minimum atomic E-state index is -1.17. The van der Waals surface area contributed by atoms with Crippen molar-refractivity contribution in [2.45, 2.75) is 58.1 Å². The summed E-state index contributed by atoms with van der Waals surface area (Å²) in [6.45, 7) is 6.55. The third-order valence-corrected chi connectivity index (χ3v) is 3.09. The van der Waals surface area contributed by atoms with E-state index in [2.05, 4.69) is 5.32 Å². The Kier molecular flexibility index (Phi) is 5.99. The first-order chi connectivity index (χ1) is 9.69. The van der Waals surface area contributed by atoms with Gasteiger partial charge >= 0.3 is 12.1 Å². The zero-order valence-electron chi connectivity index (χ0n) is 12.8. The molecule has 0 aromatic rings. The zero-order valence-corrected chi connectivity index (χ0v) is 12.8. The molecule has 2 amide bonds. The second-order valence-corrected chi connectivity index (χ2v) is 6.16. The van der Waals surface area contributed by atoms with Crippen LogP contribution in [0.4, 0.5) is 4.79 Å². The van der Waals surface area contributed by atoms with Crippen molar-refractivity contribution in [1.29, 1.82) is 0 Å². The molecule has 7 nitrogen and oxygen atoms in total. The molecule has 1 fully saturated rings. The standard InChI is InChI=1S/C14H24N2O5/c1-14(2,3)21-13(20)15-10(12(18)19)6-7-11(17)16-8-4-5-9-16/h10H,4-9H2,1-3H3,(H,15,20)(H,18,19)/t10-/m1/s1. The number of alkyl carbamates (subject to hydrolysis) is 1. The molecule has 0 aromatic heterocycles. The predicted octanol–water partition coefficient (Wildman–Crippen LogP) is 1.37. The molecule has 1 rings (SSSR count). The topological polar surface area (TPSA) is 95.9 Å². The maximum Gasteiger partial charge on any atom is 0.408 e. The zero-order chi connectivity index (χ0) is 16.0. The Labute approximate surface area is 124 Å². The summed E-state index contributed by atoms with van der Waals surface area (Å²) in [7, 11) is 0. The fraction of sp³-hybridized carbons (Fsp3) is 0.786. The van der Waals surface area contributed by atoms with Gasteiger partial charge in [-0.3, -0.25) is 4.79 Å². The molecule has 7 heteroatoms. The molecule has 1 atom stereocenters. The first-order valence-corrected chi connectivity index (χ1v) is 7.19. The number of carboxylic acid groups (broad SMARTS) is 1. The molecule has 21 heavy (non-hydrogen) atoms. The average molecular weight is 300 g/mol. The summed E-state index contributed by atoms with van der Waals surface area (Å²) in [4.78, 5) is 36.3. The van der Waals surface area contributed by atoms with E-state index in [0.29, 0.717) is 0 Å². The summed E-state index contributed by atoms with van der Waals surface area (Å²) in [6, 6.07) is -1.12. The normalized spacial score (nSPS) is 16.4. The molecule has 0 saturated carbocycles. The van der Waals surface area contributed by atoms with E-state index in [4.69, 9.17) is 9.84 Å². The van der Waals surface area contributed by atoms with Gasteiger partial charge in [0, 0.05) is 19.5 Å². The molecule has 0 bridgehead atoms. The summed E-state index contributed by atoms with van der Waals surface area (Å²) in [5.74, 6) is -1.24.